The van der Waals surface area contributed by atoms with Crippen LogP contribution in [-0.4, -0.2) is 17.9 Å². The number of aliphatic hydroxyl groups is 1. The summed E-state index contributed by atoms with van der Waals surface area (Å²) in [6.07, 6.45) is -3.39. The molecular formula is C6H9F3O. The van der Waals surface area contributed by atoms with Gasteiger partial charge in [0, 0.05) is 6.61 Å². The molecule has 0 aromatic heterocycles. The summed E-state index contributed by atoms with van der Waals surface area (Å²) in [5, 5.41) is 8.42. The van der Waals surface area contributed by atoms with Crippen molar-refractivity contribution < 1.29 is 18.3 Å². The van der Waals surface area contributed by atoms with Crippen LogP contribution >= 0.6 is 0 Å². The van der Waals surface area contributed by atoms with E-state index in [4.69, 9.17) is 5.11 Å². The van der Waals surface area contributed by atoms with E-state index in [2.05, 4.69) is 0 Å². The Morgan fingerprint density at radius 1 is 1.30 bits per heavy atom. The zero-order valence-electron chi connectivity index (χ0n) is 5.36. The smallest absolute Gasteiger partial charge is 0.392 e. The van der Waals surface area contributed by atoms with Crippen LogP contribution in [0.25, 0.3) is 0 Å². The number of rotatable bonds is 1. The van der Waals surface area contributed by atoms with Gasteiger partial charge in [-0.15, -0.1) is 0 Å². The minimum Gasteiger partial charge on any atom is -0.396 e. The first-order chi connectivity index (χ1) is 4.55. The Morgan fingerprint density at radius 2 is 1.90 bits per heavy atom. The second-order valence-corrected chi connectivity index (χ2v) is 2.67. The molecule has 0 aliphatic heterocycles. The maximum atomic E-state index is 11.8. The van der Waals surface area contributed by atoms with Crippen LogP contribution in [0.5, 0.6) is 0 Å². The van der Waals surface area contributed by atoms with Crippen molar-refractivity contribution in [2.75, 3.05) is 6.61 Å². The molecular weight excluding hydrogens is 145 g/mol. The summed E-state index contributed by atoms with van der Waals surface area (Å²) in [7, 11) is 0. The highest BCUT2D eigenvalue weighted by Gasteiger charge is 2.49. The molecule has 60 valence electrons. The first-order valence-corrected chi connectivity index (χ1v) is 3.23. The van der Waals surface area contributed by atoms with Gasteiger partial charge in [0.2, 0.25) is 0 Å². The highest BCUT2D eigenvalue weighted by molar-refractivity contribution is 4.84. The lowest BCUT2D eigenvalue weighted by molar-refractivity contribution is -0.217. The zero-order valence-corrected chi connectivity index (χ0v) is 5.36. The van der Waals surface area contributed by atoms with Gasteiger partial charge in [0.25, 0.3) is 0 Å². The monoisotopic (exact) mass is 154 g/mol. The van der Waals surface area contributed by atoms with E-state index in [1.807, 2.05) is 0 Å². The number of hydrogen-bond donors (Lipinski definition) is 1. The fourth-order valence-corrected chi connectivity index (χ4v) is 1.22. The maximum Gasteiger partial charge on any atom is 0.392 e. The summed E-state index contributed by atoms with van der Waals surface area (Å²) in [6, 6.07) is 0. The summed E-state index contributed by atoms with van der Waals surface area (Å²) in [5.74, 6) is -1.77. The van der Waals surface area contributed by atoms with E-state index in [9.17, 15) is 13.2 Å². The normalized spacial score (nSPS) is 33.6. The molecule has 1 rings (SSSR count). The summed E-state index contributed by atoms with van der Waals surface area (Å²) in [4.78, 5) is 0. The molecule has 1 aliphatic rings. The number of alkyl halides is 3. The summed E-state index contributed by atoms with van der Waals surface area (Å²) >= 11 is 0. The highest BCUT2D eigenvalue weighted by atomic mass is 19.4. The first-order valence-electron chi connectivity index (χ1n) is 3.23. The van der Waals surface area contributed by atoms with Crippen LogP contribution in [0, 0.1) is 11.8 Å². The molecule has 4 heteroatoms. The van der Waals surface area contributed by atoms with E-state index in [1.165, 1.54) is 0 Å². The molecule has 0 heterocycles. The fraction of sp³-hybridized carbons (Fsp3) is 1.00. The molecule has 0 aromatic carbocycles. The van der Waals surface area contributed by atoms with Crippen molar-refractivity contribution in [3.8, 4) is 0 Å². The summed E-state index contributed by atoms with van der Waals surface area (Å²) in [6.45, 7) is -0.329. The van der Waals surface area contributed by atoms with Crippen molar-refractivity contribution in [1.29, 1.82) is 0 Å². The van der Waals surface area contributed by atoms with Crippen LogP contribution in [0.4, 0.5) is 13.2 Å². The lowest BCUT2D eigenvalue weighted by Gasteiger charge is -2.36. The van der Waals surface area contributed by atoms with Crippen molar-refractivity contribution in [2.24, 2.45) is 11.8 Å². The highest BCUT2D eigenvalue weighted by Crippen LogP contribution is 2.45. The second kappa shape index (κ2) is 2.42. The van der Waals surface area contributed by atoms with Gasteiger partial charge >= 0.3 is 6.18 Å². The van der Waals surface area contributed by atoms with Crippen LogP contribution in [0.1, 0.15) is 12.8 Å². The van der Waals surface area contributed by atoms with Gasteiger partial charge in [-0.1, -0.05) is 0 Å². The summed E-state index contributed by atoms with van der Waals surface area (Å²) in [5.41, 5.74) is 0. The number of aliphatic hydroxyl groups excluding tert-OH is 1. The molecule has 0 radical (unpaired) electrons. The molecule has 1 fully saturated rings. The third kappa shape index (κ3) is 1.26. The third-order valence-electron chi connectivity index (χ3n) is 2.07. The molecule has 2 atom stereocenters. The average molecular weight is 154 g/mol. The molecule has 0 unspecified atom stereocenters. The van der Waals surface area contributed by atoms with Gasteiger partial charge in [-0.2, -0.15) is 13.2 Å². The van der Waals surface area contributed by atoms with Gasteiger partial charge in [-0.25, -0.2) is 0 Å². The van der Waals surface area contributed by atoms with Gasteiger partial charge in [-0.3, -0.25) is 0 Å². The molecule has 0 amide bonds. The minimum absolute atomic E-state index is 0.189. The van der Waals surface area contributed by atoms with Crippen LogP contribution in [0.15, 0.2) is 0 Å². The fourth-order valence-electron chi connectivity index (χ4n) is 1.22. The van der Waals surface area contributed by atoms with Gasteiger partial charge in [0.15, 0.2) is 0 Å². The molecule has 0 spiro atoms. The van der Waals surface area contributed by atoms with Crippen molar-refractivity contribution in [2.45, 2.75) is 19.0 Å². The summed E-state index contributed by atoms with van der Waals surface area (Å²) < 4.78 is 35.5. The Balaban J connectivity index is 2.43. The molecule has 0 saturated heterocycles. The van der Waals surface area contributed by atoms with E-state index >= 15 is 0 Å². The van der Waals surface area contributed by atoms with Crippen molar-refractivity contribution in [3.05, 3.63) is 0 Å². The van der Waals surface area contributed by atoms with Gasteiger partial charge in [0.05, 0.1) is 5.92 Å². The molecule has 1 nitrogen and oxygen atoms in total. The van der Waals surface area contributed by atoms with Crippen LogP contribution in [-0.2, 0) is 0 Å². The largest absolute Gasteiger partial charge is 0.396 e. The number of halogens is 3. The van der Waals surface area contributed by atoms with Crippen LogP contribution in [0.3, 0.4) is 0 Å². The molecule has 1 aliphatic carbocycles. The molecule has 0 bridgehead atoms. The molecule has 1 N–H and O–H groups in total. The Labute approximate surface area is 56.8 Å². The second-order valence-electron chi connectivity index (χ2n) is 2.67. The molecule has 0 aromatic rings. The van der Waals surface area contributed by atoms with E-state index in [1.54, 1.807) is 0 Å². The van der Waals surface area contributed by atoms with E-state index in [0.29, 0.717) is 6.42 Å². The Bertz CT molecular complexity index is 119. The third-order valence-corrected chi connectivity index (χ3v) is 2.07. The number of hydrogen-bond acceptors (Lipinski definition) is 1. The maximum absolute atomic E-state index is 11.8. The Kier molecular flexibility index (Phi) is 1.90. The predicted molar refractivity (Wildman–Crippen MR) is 29.4 cm³/mol. The molecule has 10 heavy (non-hydrogen) atoms. The minimum atomic E-state index is -4.09. The average Bonchev–Trinajstić information content (AvgIpc) is 1.57. The van der Waals surface area contributed by atoms with E-state index < -0.39 is 18.0 Å². The predicted octanol–water partition coefficient (Wildman–Crippen LogP) is 1.57. The quantitative estimate of drug-likeness (QED) is 0.607. The lowest BCUT2D eigenvalue weighted by atomic mass is 9.74. The first kappa shape index (κ1) is 7.85. The van der Waals surface area contributed by atoms with Gasteiger partial charge in [-0.05, 0) is 18.8 Å². The van der Waals surface area contributed by atoms with E-state index in [0.717, 1.165) is 0 Å². The van der Waals surface area contributed by atoms with E-state index in [-0.39, 0.29) is 13.0 Å². The van der Waals surface area contributed by atoms with Gasteiger partial charge in [0.1, 0.15) is 0 Å². The topological polar surface area (TPSA) is 20.2 Å². The van der Waals surface area contributed by atoms with Crippen molar-refractivity contribution in [1.82, 2.24) is 0 Å². The zero-order chi connectivity index (χ0) is 7.78. The van der Waals surface area contributed by atoms with Crippen LogP contribution < -0.4 is 0 Å². The van der Waals surface area contributed by atoms with Crippen molar-refractivity contribution >= 4 is 0 Å². The van der Waals surface area contributed by atoms with Crippen LogP contribution in [0.2, 0.25) is 0 Å². The van der Waals surface area contributed by atoms with Crippen molar-refractivity contribution in [3.63, 3.8) is 0 Å². The molecule has 1 saturated carbocycles. The SMILES string of the molecule is OC[C@H]1CC[C@H]1C(F)(F)F. The Hall–Kier alpha value is -0.250. The lowest BCUT2D eigenvalue weighted by Crippen LogP contribution is -2.39. The Morgan fingerprint density at radius 3 is 2.00 bits per heavy atom. The van der Waals surface area contributed by atoms with Gasteiger partial charge < -0.3 is 5.11 Å². The standard InChI is InChI=1S/C6H9F3O/c7-6(8,9)5-2-1-4(5)3-10/h4-5,10H,1-3H2/t4-,5-/m1/s1.